The Hall–Kier alpha value is -5.64. The number of nitrogens with zero attached hydrogens (tertiary/aromatic N) is 4. The van der Waals surface area contributed by atoms with E-state index >= 15 is 0 Å². The smallest absolute Gasteiger partial charge is 0.410 e. The van der Waals surface area contributed by atoms with Crippen LogP contribution in [0.25, 0.3) is 11.1 Å². The third-order valence-electron chi connectivity index (χ3n) is 14.8. The number of rotatable bonds is 23. The van der Waals surface area contributed by atoms with E-state index in [0.717, 1.165) is 39.2 Å². The van der Waals surface area contributed by atoms with Gasteiger partial charge in [0.15, 0.2) is 0 Å². The number of hydrogen-bond donors (Lipinski definition) is 2. The normalized spacial score (nSPS) is 17.8. The van der Waals surface area contributed by atoms with Gasteiger partial charge in [-0.15, -0.1) is 11.3 Å². The Morgan fingerprint density at radius 2 is 1.44 bits per heavy atom. The molecule has 1 aromatic heterocycles. The van der Waals surface area contributed by atoms with Crippen molar-refractivity contribution in [3.63, 3.8) is 0 Å². The lowest BCUT2D eigenvalue weighted by Crippen LogP contribution is -2.60. The fourth-order valence-electron chi connectivity index (χ4n) is 10.8. The molecule has 5 amide bonds. The Kier molecular flexibility index (Phi) is 19.4. The van der Waals surface area contributed by atoms with E-state index in [1.54, 1.807) is 39.4 Å². The van der Waals surface area contributed by atoms with Crippen molar-refractivity contribution in [2.45, 2.75) is 129 Å². The molecule has 71 heavy (non-hydrogen) atoms. The topological polar surface area (TPSA) is 160 Å². The SMILES string of the molecule is CCC(C)C(C(CC(=O)N1CCCC1C(OC)C(C)C(=O)NC(Cc1ccccc1)c1nccs1)OC)N(C)C(=O)C(NC(=O)C(C(C)C)N(C)C(=O)OCC1c2ccccc2-c2ccccc21)C(C)C. The minimum absolute atomic E-state index is 0.0150. The van der Waals surface area contributed by atoms with Gasteiger partial charge in [-0.05, 0) is 64.8 Å². The number of ether oxygens (including phenoxy) is 3. The quantitative estimate of drug-likeness (QED) is 0.0743. The monoisotopic (exact) mass is 993 g/mol. The van der Waals surface area contributed by atoms with Crippen molar-refractivity contribution in [2.24, 2.45) is 23.7 Å². The van der Waals surface area contributed by atoms with Gasteiger partial charge in [0, 0.05) is 52.4 Å². The maximum atomic E-state index is 14.8. The van der Waals surface area contributed by atoms with Crippen LogP contribution in [0.15, 0.2) is 90.4 Å². The number of aromatic nitrogens is 1. The number of likely N-dealkylation sites (N-methyl/N-ethyl adjacent to an activating group) is 2. The van der Waals surface area contributed by atoms with E-state index in [9.17, 15) is 24.0 Å². The zero-order chi connectivity index (χ0) is 51.5. The molecule has 4 aromatic rings. The van der Waals surface area contributed by atoms with Gasteiger partial charge in [0.1, 0.15) is 23.7 Å². The maximum absolute atomic E-state index is 14.8. The van der Waals surface area contributed by atoms with Crippen LogP contribution in [0.3, 0.4) is 0 Å². The second kappa shape index (κ2) is 25.1. The van der Waals surface area contributed by atoms with Crippen LogP contribution in [0.5, 0.6) is 0 Å². The summed E-state index contributed by atoms with van der Waals surface area (Å²) in [4.78, 5) is 80.8. The van der Waals surface area contributed by atoms with E-state index in [1.165, 1.54) is 16.2 Å². The third-order valence-corrected chi connectivity index (χ3v) is 15.7. The Morgan fingerprint density at radius 3 is 2.00 bits per heavy atom. The highest BCUT2D eigenvalue weighted by molar-refractivity contribution is 7.09. The summed E-state index contributed by atoms with van der Waals surface area (Å²) in [6, 6.07) is 23.1. The van der Waals surface area contributed by atoms with Gasteiger partial charge in [-0.3, -0.25) is 24.1 Å². The fraction of sp³-hybridized carbons (Fsp3) is 0.536. The summed E-state index contributed by atoms with van der Waals surface area (Å²) in [5, 5.41) is 8.97. The highest BCUT2D eigenvalue weighted by Gasteiger charge is 2.44. The predicted molar refractivity (Wildman–Crippen MR) is 277 cm³/mol. The third kappa shape index (κ3) is 12.7. The van der Waals surface area contributed by atoms with Gasteiger partial charge in [-0.1, -0.05) is 134 Å². The second-order valence-corrected chi connectivity index (χ2v) is 21.0. The van der Waals surface area contributed by atoms with Gasteiger partial charge in [-0.25, -0.2) is 9.78 Å². The first kappa shape index (κ1) is 54.7. The van der Waals surface area contributed by atoms with Crippen molar-refractivity contribution < 1.29 is 38.2 Å². The molecule has 9 atom stereocenters. The van der Waals surface area contributed by atoms with Crippen molar-refractivity contribution >= 4 is 41.1 Å². The number of likely N-dealkylation sites (tertiary alicyclic amines) is 1. The van der Waals surface area contributed by atoms with Gasteiger partial charge in [0.25, 0.3) is 0 Å². The number of carbonyl (C=O) groups excluding carboxylic acids is 5. The van der Waals surface area contributed by atoms with E-state index in [-0.39, 0.29) is 66.5 Å². The summed E-state index contributed by atoms with van der Waals surface area (Å²) >= 11 is 1.49. The summed E-state index contributed by atoms with van der Waals surface area (Å²) in [6.45, 7) is 14.0. The first-order chi connectivity index (χ1) is 34.0. The predicted octanol–water partition coefficient (Wildman–Crippen LogP) is 8.51. The van der Waals surface area contributed by atoms with Crippen LogP contribution in [-0.4, -0.2) is 127 Å². The number of nitrogens with one attached hydrogen (secondary N) is 2. The molecular weight excluding hydrogens is 917 g/mol. The minimum atomic E-state index is -0.953. The highest BCUT2D eigenvalue weighted by atomic mass is 32.1. The zero-order valence-electron chi connectivity index (χ0n) is 43.5. The zero-order valence-corrected chi connectivity index (χ0v) is 44.3. The Morgan fingerprint density at radius 1 is 0.803 bits per heavy atom. The molecule has 384 valence electrons. The molecule has 1 aliphatic heterocycles. The Balaban J connectivity index is 1.11. The molecule has 9 unspecified atom stereocenters. The molecule has 3 aromatic carbocycles. The van der Waals surface area contributed by atoms with E-state index < -0.39 is 48.3 Å². The number of fused-ring (bicyclic) bond motifs is 3. The molecule has 2 N–H and O–H groups in total. The van der Waals surface area contributed by atoms with Crippen molar-refractivity contribution in [3.05, 3.63) is 112 Å². The van der Waals surface area contributed by atoms with Crippen LogP contribution in [-0.2, 0) is 39.8 Å². The van der Waals surface area contributed by atoms with E-state index in [2.05, 4.69) is 39.9 Å². The molecule has 0 radical (unpaired) electrons. The van der Waals surface area contributed by atoms with E-state index in [4.69, 9.17) is 14.2 Å². The van der Waals surface area contributed by atoms with E-state index in [1.807, 2.05) is 113 Å². The summed E-state index contributed by atoms with van der Waals surface area (Å²) in [5.41, 5.74) is 5.48. The van der Waals surface area contributed by atoms with Crippen molar-refractivity contribution in [1.82, 2.24) is 30.3 Å². The summed E-state index contributed by atoms with van der Waals surface area (Å²) in [7, 11) is 6.40. The molecule has 6 rings (SSSR count). The van der Waals surface area contributed by atoms with Gasteiger partial charge in [-0.2, -0.15) is 0 Å². The average Bonchev–Trinajstić information content (AvgIpc) is 4.15. The number of carbonyl (C=O) groups is 5. The molecule has 1 fully saturated rings. The highest BCUT2D eigenvalue weighted by Crippen LogP contribution is 2.44. The number of hydrogen-bond acceptors (Lipinski definition) is 10. The minimum Gasteiger partial charge on any atom is -0.448 e. The van der Waals surface area contributed by atoms with Gasteiger partial charge in [0.05, 0.1) is 42.7 Å². The lowest BCUT2D eigenvalue weighted by atomic mass is 9.89. The molecular formula is C56H76N6O8S. The summed E-state index contributed by atoms with van der Waals surface area (Å²) in [6.07, 6.45) is 2.48. The number of methoxy groups -OCH3 is 2. The number of benzene rings is 3. The molecule has 15 heteroatoms. The lowest BCUT2D eigenvalue weighted by Gasteiger charge is -2.41. The summed E-state index contributed by atoms with van der Waals surface area (Å²) in [5.74, 6) is -2.62. The van der Waals surface area contributed by atoms with Gasteiger partial charge < -0.3 is 34.6 Å². The maximum Gasteiger partial charge on any atom is 0.410 e. The van der Waals surface area contributed by atoms with E-state index in [0.29, 0.717) is 25.8 Å². The lowest BCUT2D eigenvalue weighted by molar-refractivity contribution is -0.148. The summed E-state index contributed by atoms with van der Waals surface area (Å²) < 4.78 is 18.2. The van der Waals surface area contributed by atoms with Gasteiger partial charge in [0.2, 0.25) is 23.6 Å². The fourth-order valence-corrected chi connectivity index (χ4v) is 11.5. The van der Waals surface area contributed by atoms with Crippen LogP contribution < -0.4 is 10.6 Å². The second-order valence-electron chi connectivity index (χ2n) is 20.0. The molecule has 1 saturated heterocycles. The van der Waals surface area contributed by atoms with Crippen molar-refractivity contribution in [1.29, 1.82) is 0 Å². The molecule has 2 aliphatic rings. The van der Waals surface area contributed by atoms with Crippen LogP contribution in [0, 0.1) is 23.7 Å². The van der Waals surface area contributed by atoms with Crippen molar-refractivity contribution in [2.75, 3.05) is 41.5 Å². The molecule has 0 bridgehead atoms. The average molecular weight is 993 g/mol. The number of thiazole rings is 1. The first-order valence-corrected chi connectivity index (χ1v) is 26.1. The Bertz CT molecular complexity index is 2350. The van der Waals surface area contributed by atoms with Crippen LogP contribution >= 0.6 is 11.3 Å². The number of amides is 5. The Labute approximate surface area is 425 Å². The molecule has 0 spiro atoms. The van der Waals surface area contributed by atoms with Crippen LogP contribution in [0.4, 0.5) is 4.79 Å². The van der Waals surface area contributed by atoms with Crippen LogP contribution in [0.2, 0.25) is 0 Å². The standard InChI is InChI=1S/C56H76N6O8S/c1-12-36(6)50(46(68-10)32-47(63)62-29-20-27-45(62)51(69-11)37(7)52(64)58-44(54-57-28-30-71-54)31-38-21-14-13-15-22-38)60(8)55(66)48(34(2)3)59-53(65)49(35(4)5)61(9)56(67)70-33-43-41-25-18-16-23-39(41)40-24-17-19-26-42(40)43/h13-19,21-26,28,30,34-37,43-46,48-51H,12,20,27,29,31-33H2,1-11H3,(H,58,64)(H,59,65). The van der Waals surface area contributed by atoms with Gasteiger partial charge >= 0.3 is 6.09 Å². The molecule has 0 saturated carbocycles. The van der Waals surface area contributed by atoms with Crippen LogP contribution in [0.1, 0.15) is 108 Å². The molecule has 2 heterocycles. The largest absolute Gasteiger partial charge is 0.448 e. The molecule has 1 aliphatic carbocycles. The van der Waals surface area contributed by atoms with Crippen molar-refractivity contribution in [3.8, 4) is 11.1 Å². The first-order valence-electron chi connectivity index (χ1n) is 25.3. The molecule has 14 nitrogen and oxygen atoms in total.